The molecular formula is C25H31FN2O5S. The van der Waals surface area contributed by atoms with Crippen molar-refractivity contribution in [2.75, 3.05) is 7.05 Å². The van der Waals surface area contributed by atoms with Gasteiger partial charge in [-0.2, -0.15) is 4.39 Å². The van der Waals surface area contributed by atoms with E-state index >= 15 is 0 Å². The summed E-state index contributed by atoms with van der Waals surface area (Å²) in [5.74, 6) is -0.553. The molecule has 7 nitrogen and oxygen atoms in total. The van der Waals surface area contributed by atoms with E-state index in [-0.39, 0.29) is 29.8 Å². The number of carbonyl (C=O) groups is 2. The molecule has 4 rings (SSSR count). The van der Waals surface area contributed by atoms with E-state index in [1.807, 2.05) is 6.92 Å². The topological polar surface area (TPSA) is 89.0 Å². The standard InChI is InChI=1S/C25H31FN2O5S/c1-15-21(33-19-9-5-6-16(12-19)24(29)30)11-10-20(27-15)23-17(13-22(26)34-23)14-32-25(31)28(2)18-7-3-4-8-18/h10-11,13,16,18-19H,3-9,12,14H2,1-2H3,(H,29,30)/t16-,19-/m0/s1. The summed E-state index contributed by atoms with van der Waals surface area (Å²) < 4.78 is 25.7. The summed E-state index contributed by atoms with van der Waals surface area (Å²) in [6.07, 6.45) is 6.44. The fourth-order valence-electron chi connectivity index (χ4n) is 4.86. The lowest BCUT2D eigenvalue weighted by Gasteiger charge is -2.27. The van der Waals surface area contributed by atoms with Gasteiger partial charge >= 0.3 is 12.1 Å². The van der Waals surface area contributed by atoms with Crippen LogP contribution in [0.5, 0.6) is 5.75 Å². The van der Waals surface area contributed by atoms with Crippen molar-refractivity contribution in [3.05, 3.63) is 34.6 Å². The molecule has 0 aromatic carbocycles. The Morgan fingerprint density at radius 3 is 2.68 bits per heavy atom. The van der Waals surface area contributed by atoms with Gasteiger partial charge in [-0.1, -0.05) is 12.8 Å². The summed E-state index contributed by atoms with van der Waals surface area (Å²) in [5, 5.41) is 8.93. The molecule has 34 heavy (non-hydrogen) atoms. The Labute approximate surface area is 202 Å². The zero-order chi connectivity index (χ0) is 24.2. The molecule has 0 aliphatic heterocycles. The van der Waals surface area contributed by atoms with Gasteiger partial charge in [0.05, 0.1) is 28.3 Å². The largest absolute Gasteiger partial charge is 0.489 e. The predicted octanol–water partition coefficient (Wildman–Crippen LogP) is 5.79. The van der Waals surface area contributed by atoms with Gasteiger partial charge < -0.3 is 19.5 Å². The highest BCUT2D eigenvalue weighted by Gasteiger charge is 2.29. The summed E-state index contributed by atoms with van der Waals surface area (Å²) in [6, 6.07) is 5.15. The molecular weight excluding hydrogens is 459 g/mol. The lowest BCUT2D eigenvalue weighted by atomic mass is 9.87. The minimum Gasteiger partial charge on any atom is -0.489 e. The Bertz CT molecular complexity index is 1040. The summed E-state index contributed by atoms with van der Waals surface area (Å²) >= 11 is 0.966. The number of thiophene rings is 1. The van der Waals surface area contributed by atoms with Crippen LogP contribution in [0.15, 0.2) is 18.2 Å². The van der Waals surface area contributed by atoms with Crippen LogP contribution in [0.1, 0.15) is 62.6 Å². The summed E-state index contributed by atoms with van der Waals surface area (Å²) in [5.41, 5.74) is 1.81. The highest BCUT2D eigenvalue weighted by Crippen LogP contribution is 2.35. The summed E-state index contributed by atoms with van der Waals surface area (Å²) in [6.45, 7) is 1.79. The first-order chi connectivity index (χ1) is 16.3. The third-order valence-electron chi connectivity index (χ3n) is 6.83. The molecule has 0 saturated heterocycles. The Morgan fingerprint density at radius 2 is 1.97 bits per heavy atom. The highest BCUT2D eigenvalue weighted by molar-refractivity contribution is 7.14. The maximum absolute atomic E-state index is 14.2. The van der Waals surface area contributed by atoms with Gasteiger partial charge in [0.15, 0.2) is 5.13 Å². The fraction of sp³-hybridized carbons (Fsp3) is 0.560. The molecule has 2 atom stereocenters. The van der Waals surface area contributed by atoms with E-state index in [2.05, 4.69) is 4.98 Å². The summed E-state index contributed by atoms with van der Waals surface area (Å²) in [7, 11) is 1.75. The van der Waals surface area contributed by atoms with Crippen LogP contribution >= 0.6 is 11.3 Å². The van der Waals surface area contributed by atoms with Crippen molar-refractivity contribution in [3.63, 3.8) is 0 Å². The summed E-state index contributed by atoms with van der Waals surface area (Å²) in [4.78, 5) is 30.7. The first kappa shape index (κ1) is 24.4. The van der Waals surface area contributed by atoms with E-state index in [0.717, 1.165) is 49.9 Å². The predicted molar refractivity (Wildman–Crippen MR) is 126 cm³/mol. The third kappa shape index (κ3) is 5.68. The number of carboxylic acids is 1. The Hall–Kier alpha value is -2.68. The molecule has 0 unspecified atom stereocenters. The van der Waals surface area contributed by atoms with Crippen LogP contribution in [0, 0.1) is 18.0 Å². The molecule has 2 aromatic heterocycles. The van der Waals surface area contributed by atoms with Gasteiger partial charge in [0.1, 0.15) is 12.4 Å². The fourth-order valence-corrected chi connectivity index (χ4v) is 5.72. The molecule has 2 aliphatic carbocycles. The van der Waals surface area contributed by atoms with Gasteiger partial charge in [-0.05, 0) is 63.6 Å². The number of halogens is 1. The molecule has 184 valence electrons. The molecule has 0 bridgehead atoms. The SMILES string of the molecule is Cc1nc(-c2sc(F)cc2COC(=O)N(C)C2CCCC2)ccc1O[C@H]1CCC[C@H](C(=O)O)C1. The second-order valence-corrected chi connectivity index (χ2v) is 10.2. The van der Waals surface area contributed by atoms with E-state index in [1.54, 1.807) is 24.1 Å². The normalized spacial score (nSPS) is 20.8. The van der Waals surface area contributed by atoms with Crippen LogP contribution in [0.25, 0.3) is 10.6 Å². The first-order valence-electron chi connectivity index (χ1n) is 11.9. The lowest BCUT2D eigenvalue weighted by molar-refractivity contribution is -0.143. The lowest BCUT2D eigenvalue weighted by Crippen LogP contribution is -2.35. The number of hydrogen-bond donors (Lipinski definition) is 1. The maximum atomic E-state index is 14.2. The number of aliphatic carboxylic acids is 1. The van der Waals surface area contributed by atoms with Gasteiger partial charge in [0, 0.05) is 18.7 Å². The number of pyridine rings is 1. The van der Waals surface area contributed by atoms with E-state index in [9.17, 15) is 19.1 Å². The van der Waals surface area contributed by atoms with E-state index < -0.39 is 12.1 Å². The van der Waals surface area contributed by atoms with Gasteiger partial charge in [0.25, 0.3) is 0 Å². The van der Waals surface area contributed by atoms with E-state index in [1.165, 1.54) is 6.07 Å². The quantitative estimate of drug-likeness (QED) is 0.528. The number of carbonyl (C=O) groups excluding carboxylic acids is 1. The average molecular weight is 491 g/mol. The van der Waals surface area contributed by atoms with Crippen molar-refractivity contribution in [1.82, 2.24) is 9.88 Å². The molecule has 0 radical (unpaired) electrons. The highest BCUT2D eigenvalue weighted by atomic mass is 32.1. The Morgan fingerprint density at radius 1 is 1.21 bits per heavy atom. The van der Waals surface area contributed by atoms with Crippen LogP contribution in [-0.4, -0.2) is 46.2 Å². The number of nitrogens with zero attached hydrogens (tertiary/aromatic N) is 2. The van der Waals surface area contributed by atoms with Crippen LogP contribution in [0.4, 0.5) is 9.18 Å². The maximum Gasteiger partial charge on any atom is 0.410 e. The van der Waals surface area contributed by atoms with Crippen molar-refractivity contribution in [1.29, 1.82) is 0 Å². The zero-order valence-corrected chi connectivity index (χ0v) is 20.4. The number of rotatable bonds is 7. The Kier molecular flexibility index (Phi) is 7.70. The van der Waals surface area contributed by atoms with E-state index in [4.69, 9.17) is 9.47 Å². The number of amides is 1. The molecule has 1 amide bonds. The number of aromatic nitrogens is 1. The van der Waals surface area contributed by atoms with Gasteiger partial charge in [-0.3, -0.25) is 4.79 Å². The first-order valence-corrected chi connectivity index (χ1v) is 12.7. The van der Waals surface area contributed by atoms with Crippen molar-refractivity contribution < 1.29 is 28.6 Å². The van der Waals surface area contributed by atoms with Crippen LogP contribution in [-0.2, 0) is 16.1 Å². The molecule has 2 saturated carbocycles. The molecule has 2 fully saturated rings. The van der Waals surface area contributed by atoms with Gasteiger partial charge in [0.2, 0.25) is 0 Å². The average Bonchev–Trinajstić information content (AvgIpc) is 3.48. The van der Waals surface area contributed by atoms with Crippen LogP contribution in [0.2, 0.25) is 0 Å². The van der Waals surface area contributed by atoms with Gasteiger partial charge in [-0.15, -0.1) is 11.3 Å². The van der Waals surface area contributed by atoms with E-state index in [0.29, 0.717) is 40.4 Å². The second kappa shape index (κ2) is 10.7. The second-order valence-electron chi connectivity index (χ2n) is 9.23. The van der Waals surface area contributed by atoms with Crippen molar-refractivity contribution in [2.24, 2.45) is 5.92 Å². The molecule has 0 spiro atoms. The number of hydrogen-bond acceptors (Lipinski definition) is 6. The molecule has 2 aliphatic rings. The minimum atomic E-state index is -0.777. The number of aryl methyl sites for hydroxylation is 1. The third-order valence-corrected chi connectivity index (χ3v) is 7.82. The zero-order valence-electron chi connectivity index (χ0n) is 19.6. The number of ether oxygens (including phenoxy) is 2. The van der Waals surface area contributed by atoms with Crippen LogP contribution in [0.3, 0.4) is 0 Å². The molecule has 2 aromatic rings. The van der Waals surface area contributed by atoms with Crippen molar-refractivity contribution in [2.45, 2.75) is 77.0 Å². The Balaban J connectivity index is 1.42. The van der Waals surface area contributed by atoms with Crippen molar-refractivity contribution >= 4 is 23.4 Å². The minimum absolute atomic E-state index is 0.0245. The monoisotopic (exact) mass is 490 g/mol. The van der Waals surface area contributed by atoms with Gasteiger partial charge in [-0.25, -0.2) is 9.78 Å². The smallest absolute Gasteiger partial charge is 0.410 e. The number of carboxylic acid groups (broad SMARTS) is 1. The van der Waals surface area contributed by atoms with Crippen LogP contribution < -0.4 is 4.74 Å². The van der Waals surface area contributed by atoms with Crippen molar-refractivity contribution in [3.8, 4) is 16.3 Å². The molecule has 2 heterocycles. The molecule has 1 N–H and O–H groups in total. The molecule has 9 heteroatoms.